The second-order valence-electron chi connectivity index (χ2n) is 5.51. The summed E-state index contributed by atoms with van der Waals surface area (Å²) in [5, 5.41) is 18.2. The van der Waals surface area contributed by atoms with Crippen molar-refractivity contribution < 1.29 is 19.8 Å². The van der Waals surface area contributed by atoms with Crippen molar-refractivity contribution in [1.82, 2.24) is 4.90 Å². The minimum atomic E-state index is -0.894. The maximum Gasteiger partial charge on any atom is 0.320 e. The topological polar surface area (TPSA) is 77.8 Å². The summed E-state index contributed by atoms with van der Waals surface area (Å²) in [4.78, 5) is 24.0. The molecule has 0 aliphatic carbocycles. The molecule has 0 bridgehead atoms. The average Bonchev–Trinajstić information content (AvgIpc) is 2.21. The lowest BCUT2D eigenvalue weighted by Gasteiger charge is -2.34. The first-order chi connectivity index (χ1) is 8.16. The average molecular weight is 259 g/mol. The van der Waals surface area contributed by atoms with Crippen LogP contribution in [0.5, 0.6) is 0 Å². The predicted molar refractivity (Wildman–Crippen MR) is 69.5 cm³/mol. The van der Waals surface area contributed by atoms with Gasteiger partial charge in [-0.2, -0.15) is 0 Å². The van der Waals surface area contributed by atoms with Crippen LogP contribution in [-0.2, 0) is 9.59 Å². The van der Waals surface area contributed by atoms with Crippen LogP contribution in [0.15, 0.2) is 0 Å². The highest BCUT2D eigenvalue weighted by molar-refractivity contribution is 5.74. The van der Waals surface area contributed by atoms with Crippen LogP contribution in [0.2, 0.25) is 0 Å². The van der Waals surface area contributed by atoms with E-state index in [9.17, 15) is 14.7 Å². The van der Waals surface area contributed by atoms with Crippen LogP contribution in [0.4, 0.5) is 0 Å². The molecule has 0 aromatic heterocycles. The Bertz CT molecular complexity index is 289. The van der Waals surface area contributed by atoms with Crippen LogP contribution in [0.1, 0.15) is 41.0 Å². The van der Waals surface area contributed by atoms with E-state index in [-0.39, 0.29) is 18.5 Å². The molecule has 0 rings (SSSR count). The lowest BCUT2D eigenvalue weighted by Crippen LogP contribution is -2.48. The molecular formula is C13H25NO4. The third-order valence-electron chi connectivity index (χ3n) is 2.95. The minimum Gasteiger partial charge on any atom is -0.481 e. The predicted octanol–water partition coefficient (Wildman–Crippen LogP) is 1.92. The number of hydrogen-bond donors (Lipinski definition) is 2. The van der Waals surface area contributed by atoms with E-state index in [1.54, 1.807) is 11.8 Å². The van der Waals surface area contributed by atoms with E-state index in [1.165, 1.54) is 0 Å². The van der Waals surface area contributed by atoms with E-state index >= 15 is 0 Å². The number of aliphatic carboxylic acids is 2. The van der Waals surface area contributed by atoms with Crippen molar-refractivity contribution in [2.45, 2.75) is 53.1 Å². The quantitative estimate of drug-likeness (QED) is 0.696. The molecule has 0 aromatic rings. The highest BCUT2D eigenvalue weighted by Crippen LogP contribution is 2.17. The van der Waals surface area contributed by atoms with Crippen molar-refractivity contribution in [2.24, 2.45) is 11.8 Å². The van der Waals surface area contributed by atoms with Gasteiger partial charge in [0.15, 0.2) is 0 Å². The van der Waals surface area contributed by atoms with E-state index < -0.39 is 23.9 Å². The summed E-state index contributed by atoms with van der Waals surface area (Å²) in [6.45, 7) is 9.59. The normalized spacial score (nSPS) is 15.1. The molecule has 0 heterocycles. The third kappa shape index (κ3) is 5.49. The van der Waals surface area contributed by atoms with E-state index in [2.05, 4.69) is 0 Å². The fourth-order valence-electron chi connectivity index (χ4n) is 1.92. The van der Waals surface area contributed by atoms with E-state index in [0.29, 0.717) is 6.42 Å². The molecule has 0 radical (unpaired) electrons. The van der Waals surface area contributed by atoms with Crippen LogP contribution in [-0.4, -0.2) is 45.7 Å². The van der Waals surface area contributed by atoms with Gasteiger partial charge in [0.2, 0.25) is 0 Å². The van der Waals surface area contributed by atoms with Crippen molar-refractivity contribution in [3.63, 3.8) is 0 Å². The Morgan fingerprint density at radius 1 is 1.00 bits per heavy atom. The zero-order valence-electron chi connectivity index (χ0n) is 11.9. The van der Waals surface area contributed by atoms with Gasteiger partial charge in [-0.25, -0.2) is 0 Å². The first kappa shape index (κ1) is 16.9. The van der Waals surface area contributed by atoms with Crippen LogP contribution in [0.25, 0.3) is 0 Å². The monoisotopic (exact) mass is 259 g/mol. The molecule has 0 spiro atoms. The molecule has 106 valence electrons. The van der Waals surface area contributed by atoms with Gasteiger partial charge >= 0.3 is 11.9 Å². The van der Waals surface area contributed by atoms with E-state index in [0.717, 1.165) is 0 Å². The molecule has 0 saturated carbocycles. The first-order valence-electron chi connectivity index (χ1n) is 6.38. The molecule has 2 atom stereocenters. The first-order valence-corrected chi connectivity index (χ1v) is 6.38. The molecule has 5 nitrogen and oxygen atoms in total. The summed E-state index contributed by atoms with van der Waals surface area (Å²) in [5.41, 5.74) is 0. The van der Waals surface area contributed by atoms with Gasteiger partial charge in [0.05, 0.1) is 5.92 Å². The van der Waals surface area contributed by atoms with Gasteiger partial charge in [0, 0.05) is 12.6 Å². The number of carboxylic acids is 2. The molecule has 2 unspecified atom stereocenters. The number of hydrogen-bond acceptors (Lipinski definition) is 3. The maximum absolute atomic E-state index is 11.3. The van der Waals surface area contributed by atoms with Crippen molar-refractivity contribution in [2.75, 3.05) is 6.54 Å². The fourth-order valence-corrected chi connectivity index (χ4v) is 1.92. The van der Waals surface area contributed by atoms with Gasteiger partial charge in [0.1, 0.15) is 6.04 Å². The van der Waals surface area contributed by atoms with Gasteiger partial charge in [-0.15, -0.1) is 0 Å². The van der Waals surface area contributed by atoms with E-state index in [1.807, 2.05) is 27.7 Å². The lowest BCUT2D eigenvalue weighted by molar-refractivity contribution is -0.148. The molecule has 0 aliphatic rings. The number of nitrogens with zero attached hydrogens (tertiary/aromatic N) is 1. The Morgan fingerprint density at radius 2 is 1.50 bits per heavy atom. The molecule has 0 fully saturated rings. The van der Waals surface area contributed by atoms with Gasteiger partial charge < -0.3 is 10.2 Å². The molecule has 0 amide bonds. The second kappa shape index (κ2) is 7.36. The second-order valence-corrected chi connectivity index (χ2v) is 5.51. The Morgan fingerprint density at radius 3 is 1.78 bits per heavy atom. The number of rotatable bonds is 8. The van der Waals surface area contributed by atoms with Crippen LogP contribution >= 0.6 is 0 Å². The molecule has 18 heavy (non-hydrogen) atoms. The highest BCUT2D eigenvalue weighted by Gasteiger charge is 2.30. The van der Waals surface area contributed by atoms with Gasteiger partial charge in [-0.1, -0.05) is 20.8 Å². The highest BCUT2D eigenvalue weighted by atomic mass is 16.4. The maximum atomic E-state index is 11.3. The fraction of sp³-hybridized carbons (Fsp3) is 0.846. The standard InChI is InChI=1S/C13H25NO4/c1-8(2)6-11(13(17)18)14(9(3)4)7-10(5)12(15)16/h8-11H,6-7H2,1-5H3,(H,15,16)(H,17,18). The zero-order chi connectivity index (χ0) is 14.5. The number of carbonyl (C=O) groups is 2. The molecule has 0 saturated heterocycles. The molecule has 5 heteroatoms. The Labute approximate surface area is 109 Å². The summed E-state index contributed by atoms with van der Waals surface area (Å²) < 4.78 is 0. The van der Waals surface area contributed by atoms with Gasteiger partial charge in [-0.05, 0) is 26.2 Å². The van der Waals surface area contributed by atoms with Crippen LogP contribution in [0, 0.1) is 11.8 Å². The summed E-state index contributed by atoms with van der Waals surface area (Å²) in [6.07, 6.45) is 0.528. The lowest BCUT2D eigenvalue weighted by atomic mass is 9.99. The summed E-state index contributed by atoms with van der Waals surface area (Å²) in [6, 6.07) is -0.613. The third-order valence-corrected chi connectivity index (χ3v) is 2.95. The molecule has 2 N–H and O–H groups in total. The van der Waals surface area contributed by atoms with Gasteiger partial charge in [-0.3, -0.25) is 14.5 Å². The van der Waals surface area contributed by atoms with Crippen LogP contribution in [0.3, 0.4) is 0 Å². The van der Waals surface area contributed by atoms with Crippen molar-refractivity contribution >= 4 is 11.9 Å². The van der Waals surface area contributed by atoms with Crippen LogP contribution < -0.4 is 0 Å². The summed E-state index contributed by atoms with van der Waals surface area (Å²) >= 11 is 0. The van der Waals surface area contributed by atoms with Gasteiger partial charge in [0.25, 0.3) is 0 Å². The zero-order valence-corrected chi connectivity index (χ0v) is 11.9. The molecule has 0 aliphatic heterocycles. The summed E-state index contributed by atoms with van der Waals surface area (Å²) in [5.74, 6) is -2.08. The SMILES string of the molecule is CC(C)CC(C(=O)O)N(CC(C)C(=O)O)C(C)C. The smallest absolute Gasteiger partial charge is 0.320 e. The van der Waals surface area contributed by atoms with E-state index in [4.69, 9.17) is 5.11 Å². The van der Waals surface area contributed by atoms with Crippen molar-refractivity contribution in [3.05, 3.63) is 0 Å². The minimum absolute atomic E-state index is 0.00616. The Hall–Kier alpha value is -1.10. The van der Waals surface area contributed by atoms with Crippen molar-refractivity contribution in [3.8, 4) is 0 Å². The molecule has 0 aromatic carbocycles. The van der Waals surface area contributed by atoms with Crippen molar-refractivity contribution in [1.29, 1.82) is 0 Å². The Balaban J connectivity index is 4.92. The molecular weight excluding hydrogens is 234 g/mol. The Kier molecular flexibility index (Phi) is 6.91. The number of carboxylic acid groups (broad SMARTS) is 2. The largest absolute Gasteiger partial charge is 0.481 e. The summed E-state index contributed by atoms with van der Waals surface area (Å²) in [7, 11) is 0.